The number of thiophene rings is 1. The van der Waals surface area contributed by atoms with Crippen LogP contribution in [0.15, 0.2) is 46.7 Å². The molecule has 1 heterocycles. The maximum absolute atomic E-state index is 12.9. The summed E-state index contributed by atoms with van der Waals surface area (Å²) >= 11 is 1.33. The third-order valence-electron chi connectivity index (χ3n) is 2.78. The van der Waals surface area contributed by atoms with Crippen molar-refractivity contribution in [1.82, 2.24) is 4.72 Å². The third-order valence-corrected chi connectivity index (χ3v) is 5.44. The predicted octanol–water partition coefficient (Wildman–Crippen LogP) is 3.81. The minimum atomic E-state index is -4.72. The quantitative estimate of drug-likeness (QED) is 0.923. The van der Waals surface area contributed by atoms with Gasteiger partial charge in [-0.15, -0.1) is 11.3 Å². The topological polar surface area (TPSA) is 46.2 Å². The number of sulfonamides is 1. The van der Waals surface area contributed by atoms with E-state index in [0.29, 0.717) is 0 Å². The SMILES string of the molecule is CC(NS(=O)(=O)c1ccccc1C(F)(F)F)c1cccs1. The Hall–Kier alpha value is -1.38. The molecule has 2 aromatic rings. The summed E-state index contributed by atoms with van der Waals surface area (Å²) < 4.78 is 65.4. The van der Waals surface area contributed by atoms with Gasteiger partial charge in [-0.05, 0) is 30.5 Å². The molecule has 0 fully saturated rings. The van der Waals surface area contributed by atoms with Gasteiger partial charge in [0.15, 0.2) is 0 Å². The lowest BCUT2D eigenvalue weighted by Crippen LogP contribution is -2.28. The molecule has 1 atom stereocenters. The zero-order valence-corrected chi connectivity index (χ0v) is 12.5. The van der Waals surface area contributed by atoms with Crippen LogP contribution in [-0.4, -0.2) is 8.42 Å². The van der Waals surface area contributed by atoms with Crippen LogP contribution in [0.5, 0.6) is 0 Å². The van der Waals surface area contributed by atoms with Crippen molar-refractivity contribution in [2.24, 2.45) is 0 Å². The van der Waals surface area contributed by atoms with E-state index in [9.17, 15) is 21.6 Å². The molecular formula is C13H12F3NO2S2. The molecule has 1 aromatic heterocycles. The van der Waals surface area contributed by atoms with Crippen LogP contribution in [0.1, 0.15) is 23.4 Å². The molecule has 1 unspecified atom stereocenters. The summed E-state index contributed by atoms with van der Waals surface area (Å²) in [6.45, 7) is 1.58. The van der Waals surface area contributed by atoms with Crippen molar-refractivity contribution in [2.75, 3.05) is 0 Å². The highest BCUT2D eigenvalue weighted by Crippen LogP contribution is 2.34. The van der Waals surface area contributed by atoms with E-state index in [0.717, 1.165) is 23.1 Å². The van der Waals surface area contributed by atoms with E-state index in [1.165, 1.54) is 17.4 Å². The van der Waals surface area contributed by atoms with Crippen molar-refractivity contribution in [3.8, 4) is 0 Å². The molecule has 8 heteroatoms. The van der Waals surface area contributed by atoms with E-state index >= 15 is 0 Å². The van der Waals surface area contributed by atoms with Gasteiger partial charge in [-0.1, -0.05) is 18.2 Å². The maximum Gasteiger partial charge on any atom is 0.417 e. The molecule has 0 aliphatic carbocycles. The normalized spacial score (nSPS) is 14.1. The molecule has 0 saturated heterocycles. The molecule has 0 amide bonds. The highest BCUT2D eigenvalue weighted by Gasteiger charge is 2.37. The fourth-order valence-corrected chi connectivity index (χ4v) is 4.09. The van der Waals surface area contributed by atoms with Gasteiger partial charge in [0.05, 0.1) is 16.5 Å². The molecule has 0 aliphatic heterocycles. The molecule has 0 bridgehead atoms. The smallest absolute Gasteiger partial charge is 0.207 e. The minimum Gasteiger partial charge on any atom is -0.207 e. The van der Waals surface area contributed by atoms with Crippen LogP contribution in [0.3, 0.4) is 0 Å². The molecular weight excluding hydrogens is 323 g/mol. The van der Waals surface area contributed by atoms with Crippen molar-refractivity contribution in [1.29, 1.82) is 0 Å². The Morgan fingerprint density at radius 1 is 1.14 bits per heavy atom. The summed E-state index contributed by atoms with van der Waals surface area (Å²) in [6.07, 6.45) is -4.72. The molecule has 0 saturated carbocycles. The molecule has 2 rings (SSSR count). The van der Waals surface area contributed by atoms with Gasteiger partial charge in [0.25, 0.3) is 0 Å². The fraction of sp³-hybridized carbons (Fsp3) is 0.231. The van der Waals surface area contributed by atoms with Crippen LogP contribution in [0.4, 0.5) is 13.2 Å². The Balaban J connectivity index is 2.37. The highest BCUT2D eigenvalue weighted by molar-refractivity contribution is 7.89. The largest absolute Gasteiger partial charge is 0.417 e. The van der Waals surface area contributed by atoms with E-state index in [-0.39, 0.29) is 0 Å². The fourth-order valence-electron chi connectivity index (χ4n) is 1.83. The number of benzene rings is 1. The second-order valence-corrected chi connectivity index (χ2v) is 7.01. The Labute approximate surface area is 124 Å². The predicted molar refractivity (Wildman–Crippen MR) is 74.5 cm³/mol. The first-order valence-corrected chi connectivity index (χ1v) is 8.30. The van der Waals surface area contributed by atoms with Crippen LogP contribution in [0, 0.1) is 0 Å². The monoisotopic (exact) mass is 335 g/mol. The highest BCUT2D eigenvalue weighted by atomic mass is 32.2. The maximum atomic E-state index is 12.9. The second-order valence-electron chi connectivity index (χ2n) is 4.35. The van der Waals surface area contributed by atoms with E-state index in [2.05, 4.69) is 4.72 Å². The van der Waals surface area contributed by atoms with Crippen molar-refractivity contribution >= 4 is 21.4 Å². The van der Waals surface area contributed by atoms with Crippen molar-refractivity contribution in [2.45, 2.75) is 24.0 Å². The van der Waals surface area contributed by atoms with Crippen molar-refractivity contribution in [3.05, 3.63) is 52.2 Å². The summed E-state index contributed by atoms with van der Waals surface area (Å²) in [5.74, 6) is 0. The van der Waals surface area contributed by atoms with E-state index in [1.54, 1.807) is 24.4 Å². The van der Waals surface area contributed by atoms with Gasteiger partial charge in [-0.3, -0.25) is 0 Å². The lowest BCUT2D eigenvalue weighted by atomic mass is 10.2. The van der Waals surface area contributed by atoms with Gasteiger partial charge in [-0.2, -0.15) is 13.2 Å². The molecule has 21 heavy (non-hydrogen) atoms. The van der Waals surface area contributed by atoms with E-state index in [4.69, 9.17) is 0 Å². The summed E-state index contributed by atoms with van der Waals surface area (Å²) in [6, 6.07) is 6.99. The van der Waals surface area contributed by atoms with Crippen molar-refractivity contribution in [3.63, 3.8) is 0 Å². The Morgan fingerprint density at radius 2 is 1.81 bits per heavy atom. The average Bonchev–Trinajstić information content (AvgIpc) is 2.91. The number of hydrogen-bond donors (Lipinski definition) is 1. The summed E-state index contributed by atoms with van der Waals surface area (Å²) in [4.78, 5) is -0.0380. The lowest BCUT2D eigenvalue weighted by Gasteiger charge is -2.16. The van der Waals surface area contributed by atoms with Crippen LogP contribution < -0.4 is 4.72 Å². The first-order valence-electron chi connectivity index (χ1n) is 5.94. The van der Waals surface area contributed by atoms with Crippen LogP contribution >= 0.6 is 11.3 Å². The standard InChI is InChI=1S/C13H12F3NO2S2/c1-9(11-6-4-8-20-11)17-21(18,19)12-7-3-2-5-10(12)13(14,15)16/h2-9,17H,1H3. The van der Waals surface area contributed by atoms with E-state index in [1.807, 2.05) is 0 Å². The summed E-state index contributed by atoms with van der Waals surface area (Å²) in [7, 11) is -4.26. The van der Waals surface area contributed by atoms with Gasteiger partial charge in [0, 0.05) is 4.88 Å². The van der Waals surface area contributed by atoms with Crippen LogP contribution in [0.25, 0.3) is 0 Å². The molecule has 1 N–H and O–H groups in total. The zero-order valence-electron chi connectivity index (χ0n) is 10.9. The number of hydrogen-bond acceptors (Lipinski definition) is 3. The van der Waals surface area contributed by atoms with Crippen molar-refractivity contribution < 1.29 is 21.6 Å². The number of rotatable bonds is 4. The first-order chi connectivity index (χ1) is 9.72. The summed E-state index contributed by atoms with van der Waals surface area (Å²) in [5, 5.41) is 1.77. The van der Waals surface area contributed by atoms with Gasteiger partial charge >= 0.3 is 6.18 Å². The zero-order chi connectivity index (χ0) is 15.7. The third kappa shape index (κ3) is 3.63. The van der Waals surface area contributed by atoms with E-state index < -0.39 is 32.7 Å². The number of halogens is 3. The lowest BCUT2D eigenvalue weighted by molar-refractivity contribution is -0.139. The molecule has 3 nitrogen and oxygen atoms in total. The van der Waals surface area contributed by atoms with Gasteiger partial charge in [0.2, 0.25) is 10.0 Å². The summed E-state index contributed by atoms with van der Waals surface area (Å²) in [5.41, 5.74) is -1.17. The minimum absolute atomic E-state index is 0.601. The Kier molecular flexibility index (Phi) is 4.40. The van der Waals surface area contributed by atoms with Gasteiger partial charge < -0.3 is 0 Å². The van der Waals surface area contributed by atoms with Gasteiger partial charge in [0.1, 0.15) is 0 Å². The Bertz CT molecular complexity index is 709. The number of nitrogens with one attached hydrogen (secondary N) is 1. The van der Waals surface area contributed by atoms with Crippen LogP contribution in [0.2, 0.25) is 0 Å². The molecule has 114 valence electrons. The molecule has 0 radical (unpaired) electrons. The number of alkyl halides is 3. The average molecular weight is 335 g/mol. The Morgan fingerprint density at radius 3 is 2.38 bits per heavy atom. The van der Waals surface area contributed by atoms with Gasteiger partial charge in [-0.25, -0.2) is 13.1 Å². The second kappa shape index (κ2) is 5.78. The van der Waals surface area contributed by atoms with Crippen LogP contribution in [-0.2, 0) is 16.2 Å². The molecule has 0 aliphatic rings. The molecule has 0 spiro atoms. The molecule has 1 aromatic carbocycles. The first kappa shape index (κ1) is 16.0.